The van der Waals surface area contributed by atoms with E-state index in [1.54, 1.807) is 4.90 Å². The molecule has 0 radical (unpaired) electrons. The van der Waals surface area contributed by atoms with Gasteiger partial charge < -0.3 is 10.2 Å². The average molecular weight is 409 g/mol. The van der Waals surface area contributed by atoms with Gasteiger partial charge in [-0.15, -0.1) is 0 Å². The van der Waals surface area contributed by atoms with Crippen LogP contribution in [0.25, 0.3) is 0 Å². The van der Waals surface area contributed by atoms with Crippen LogP contribution in [0.15, 0.2) is 42.5 Å². The zero-order valence-corrected chi connectivity index (χ0v) is 19.5. The first-order valence-electron chi connectivity index (χ1n) is 10.7. The maximum Gasteiger partial charge on any atom is 0.243 e. The van der Waals surface area contributed by atoms with Gasteiger partial charge in [0.15, 0.2) is 0 Å². The van der Waals surface area contributed by atoms with E-state index in [-0.39, 0.29) is 17.4 Å². The molecular weight excluding hydrogens is 372 g/mol. The summed E-state index contributed by atoms with van der Waals surface area (Å²) in [6.45, 7) is 14.4. The second-order valence-corrected chi connectivity index (χ2v) is 9.22. The molecule has 0 spiro atoms. The SMILES string of the molecule is CC[C@@H](C(=O)NC(C)(C)C)N(Cc1ccccc1C)C(=O)Cc1cc(C)ccc1C. The Bertz CT molecular complexity index is 896. The van der Waals surface area contributed by atoms with Gasteiger partial charge in [0.1, 0.15) is 6.04 Å². The highest BCUT2D eigenvalue weighted by Gasteiger charge is 2.31. The van der Waals surface area contributed by atoms with Gasteiger partial charge in [0.05, 0.1) is 6.42 Å². The Morgan fingerprint density at radius 2 is 1.60 bits per heavy atom. The molecule has 1 N–H and O–H groups in total. The van der Waals surface area contributed by atoms with Crippen molar-refractivity contribution in [3.05, 3.63) is 70.3 Å². The summed E-state index contributed by atoms with van der Waals surface area (Å²) in [4.78, 5) is 28.3. The molecule has 4 nitrogen and oxygen atoms in total. The van der Waals surface area contributed by atoms with Gasteiger partial charge in [-0.1, -0.05) is 55.0 Å². The number of hydrogen-bond donors (Lipinski definition) is 1. The van der Waals surface area contributed by atoms with Crippen LogP contribution in [0, 0.1) is 20.8 Å². The van der Waals surface area contributed by atoms with Gasteiger partial charge in [-0.25, -0.2) is 0 Å². The zero-order chi connectivity index (χ0) is 22.5. The maximum atomic E-state index is 13.5. The number of carbonyl (C=O) groups is 2. The van der Waals surface area contributed by atoms with Gasteiger partial charge in [0.25, 0.3) is 0 Å². The summed E-state index contributed by atoms with van der Waals surface area (Å²) < 4.78 is 0. The summed E-state index contributed by atoms with van der Waals surface area (Å²) in [6.07, 6.45) is 0.852. The van der Waals surface area contributed by atoms with Gasteiger partial charge in [0.2, 0.25) is 11.8 Å². The number of benzene rings is 2. The molecular formula is C26H36N2O2. The molecule has 0 saturated heterocycles. The van der Waals surface area contributed by atoms with Crippen LogP contribution in [0.3, 0.4) is 0 Å². The average Bonchev–Trinajstić information content (AvgIpc) is 2.64. The maximum absolute atomic E-state index is 13.5. The van der Waals surface area contributed by atoms with Crippen LogP contribution in [-0.4, -0.2) is 28.3 Å². The molecule has 30 heavy (non-hydrogen) atoms. The van der Waals surface area contributed by atoms with Gasteiger partial charge >= 0.3 is 0 Å². The Hall–Kier alpha value is -2.62. The number of nitrogens with zero attached hydrogens (tertiary/aromatic N) is 1. The second-order valence-electron chi connectivity index (χ2n) is 9.22. The van der Waals surface area contributed by atoms with Gasteiger partial charge in [0, 0.05) is 12.1 Å². The van der Waals surface area contributed by atoms with E-state index < -0.39 is 6.04 Å². The van der Waals surface area contributed by atoms with Gasteiger partial charge in [-0.05, 0) is 70.2 Å². The Balaban J connectivity index is 2.38. The van der Waals surface area contributed by atoms with Crippen molar-refractivity contribution in [3.63, 3.8) is 0 Å². The highest BCUT2D eigenvalue weighted by molar-refractivity contribution is 5.89. The van der Waals surface area contributed by atoms with Crippen molar-refractivity contribution in [2.45, 2.75) is 79.4 Å². The minimum absolute atomic E-state index is 0.0251. The lowest BCUT2D eigenvalue weighted by molar-refractivity contribution is -0.141. The first-order valence-corrected chi connectivity index (χ1v) is 10.7. The number of rotatable bonds is 7. The van der Waals surface area contributed by atoms with E-state index in [2.05, 4.69) is 17.4 Å². The number of nitrogens with one attached hydrogen (secondary N) is 1. The fourth-order valence-corrected chi connectivity index (χ4v) is 3.60. The molecule has 4 heteroatoms. The van der Waals surface area contributed by atoms with E-state index in [1.807, 2.05) is 78.8 Å². The highest BCUT2D eigenvalue weighted by Crippen LogP contribution is 2.19. The van der Waals surface area contributed by atoms with E-state index in [1.165, 1.54) is 0 Å². The van der Waals surface area contributed by atoms with Gasteiger partial charge in [-0.2, -0.15) is 0 Å². The van der Waals surface area contributed by atoms with E-state index >= 15 is 0 Å². The van der Waals surface area contributed by atoms with E-state index in [0.717, 1.165) is 27.8 Å². The van der Waals surface area contributed by atoms with Crippen LogP contribution in [-0.2, 0) is 22.6 Å². The minimum Gasteiger partial charge on any atom is -0.350 e. The van der Waals surface area contributed by atoms with Gasteiger partial charge in [-0.3, -0.25) is 9.59 Å². The lowest BCUT2D eigenvalue weighted by Gasteiger charge is -2.33. The van der Waals surface area contributed by atoms with Crippen molar-refractivity contribution >= 4 is 11.8 Å². The molecule has 2 rings (SSSR count). The third-order valence-corrected chi connectivity index (χ3v) is 5.33. The molecule has 0 aliphatic rings. The van der Waals surface area contributed by atoms with Crippen LogP contribution in [0.5, 0.6) is 0 Å². The number of hydrogen-bond acceptors (Lipinski definition) is 2. The smallest absolute Gasteiger partial charge is 0.243 e. The first kappa shape index (κ1) is 23.7. The fraction of sp³-hybridized carbons (Fsp3) is 0.462. The van der Waals surface area contributed by atoms with Crippen molar-refractivity contribution in [1.82, 2.24) is 10.2 Å². The van der Waals surface area contributed by atoms with Crippen LogP contribution >= 0.6 is 0 Å². The Morgan fingerprint density at radius 1 is 0.967 bits per heavy atom. The quantitative estimate of drug-likeness (QED) is 0.710. The third kappa shape index (κ3) is 6.45. The predicted octanol–water partition coefficient (Wildman–Crippen LogP) is 4.88. The fourth-order valence-electron chi connectivity index (χ4n) is 3.60. The number of aryl methyl sites for hydroxylation is 3. The Kier molecular flexibility index (Phi) is 7.83. The van der Waals surface area contributed by atoms with Crippen molar-refractivity contribution < 1.29 is 9.59 Å². The highest BCUT2D eigenvalue weighted by atomic mass is 16.2. The standard InChI is InChI=1S/C26H36N2O2/c1-8-23(25(30)27-26(5,6)7)28(17-21-12-10-9-11-19(21)3)24(29)16-22-15-18(2)13-14-20(22)4/h9-15,23H,8,16-17H2,1-7H3,(H,27,30)/t23-/m0/s1. The molecule has 0 heterocycles. The molecule has 0 aromatic heterocycles. The molecule has 0 aliphatic heterocycles. The topological polar surface area (TPSA) is 49.4 Å². The van der Waals surface area contributed by atoms with Crippen molar-refractivity contribution in [3.8, 4) is 0 Å². The largest absolute Gasteiger partial charge is 0.350 e. The summed E-state index contributed by atoms with van der Waals surface area (Å²) >= 11 is 0. The second kappa shape index (κ2) is 9.92. The Labute approximate surface area is 181 Å². The number of amides is 2. The molecule has 162 valence electrons. The lowest BCUT2D eigenvalue weighted by atomic mass is 10.00. The molecule has 2 amide bonds. The molecule has 0 saturated carbocycles. The van der Waals surface area contributed by atoms with Crippen molar-refractivity contribution in [1.29, 1.82) is 0 Å². The monoisotopic (exact) mass is 408 g/mol. The number of carbonyl (C=O) groups excluding carboxylic acids is 2. The van der Waals surface area contributed by atoms with Crippen LogP contribution in [0.1, 0.15) is 61.9 Å². The minimum atomic E-state index is -0.513. The molecule has 0 fully saturated rings. The molecule has 2 aromatic rings. The molecule has 0 unspecified atom stereocenters. The van der Waals surface area contributed by atoms with Crippen LogP contribution in [0.4, 0.5) is 0 Å². The zero-order valence-electron chi connectivity index (χ0n) is 19.5. The summed E-state index contributed by atoms with van der Waals surface area (Å²) in [7, 11) is 0. The predicted molar refractivity (Wildman–Crippen MR) is 123 cm³/mol. The molecule has 1 atom stereocenters. The summed E-state index contributed by atoms with van der Waals surface area (Å²) in [6, 6.07) is 13.7. The first-order chi connectivity index (χ1) is 14.0. The summed E-state index contributed by atoms with van der Waals surface area (Å²) in [5, 5.41) is 3.06. The van der Waals surface area contributed by atoms with Crippen molar-refractivity contribution in [2.24, 2.45) is 0 Å². The molecule has 0 aliphatic carbocycles. The Morgan fingerprint density at radius 3 is 2.20 bits per heavy atom. The third-order valence-electron chi connectivity index (χ3n) is 5.33. The lowest BCUT2D eigenvalue weighted by Crippen LogP contribution is -2.53. The molecule has 0 bridgehead atoms. The van der Waals surface area contributed by atoms with E-state index in [0.29, 0.717) is 19.4 Å². The van der Waals surface area contributed by atoms with Crippen LogP contribution in [0.2, 0.25) is 0 Å². The summed E-state index contributed by atoms with van der Waals surface area (Å²) in [5.74, 6) is -0.129. The molecule has 2 aromatic carbocycles. The normalized spacial score (nSPS) is 12.4. The van der Waals surface area contributed by atoms with E-state index in [4.69, 9.17) is 0 Å². The van der Waals surface area contributed by atoms with E-state index in [9.17, 15) is 9.59 Å². The van der Waals surface area contributed by atoms with Crippen LogP contribution < -0.4 is 5.32 Å². The van der Waals surface area contributed by atoms with Crippen molar-refractivity contribution in [2.75, 3.05) is 0 Å². The summed E-state index contributed by atoms with van der Waals surface area (Å²) in [5.41, 5.74) is 5.07.